The van der Waals surface area contributed by atoms with Crippen molar-refractivity contribution < 1.29 is 14.4 Å². The van der Waals surface area contributed by atoms with Gasteiger partial charge in [-0.15, -0.1) is 0 Å². The van der Waals surface area contributed by atoms with Crippen molar-refractivity contribution >= 4 is 40.7 Å². The summed E-state index contributed by atoms with van der Waals surface area (Å²) in [4.78, 5) is 40.2. The van der Waals surface area contributed by atoms with E-state index in [9.17, 15) is 14.4 Å². The van der Waals surface area contributed by atoms with Crippen LogP contribution in [0, 0.1) is 11.8 Å². The van der Waals surface area contributed by atoms with Crippen LogP contribution >= 0.6 is 11.6 Å². The van der Waals surface area contributed by atoms with Crippen LogP contribution in [0.5, 0.6) is 0 Å². The van der Waals surface area contributed by atoms with E-state index in [0.717, 1.165) is 6.42 Å². The van der Waals surface area contributed by atoms with Crippen LogP contribution in [0.1, 0.15) is 41.1 Å². The number of nitrogens with one attached hydrogen (secondary N) is 1. The van der Waals surface area contributed by atoms with E-state index in [2.05, 4.69) is 17.4 Å². The SMILES string of the molecule is O=C(Nc1ccccc1Cl)c1ccc(N2C(=O)[C@H]3CC[C@@H](c4ccccc4)C[C@H]3C2=O)cc1. The van der Waals surface area contributed by atoms with Gasteiger partial charge in [0.05, 0.1) is 28.2 Å². The summed E-state index contributed by atoms with van der Waals surface area (Å²) in [6.45, 7) is 0. The Kier molecular flexibility index (Phi) is 5.73. The molecule has 3 aromatic carbocycles. The minimum Gasteiger partial charge on any atom is -0.321 e. The Bertz CT molecular complexity index is 1210. The Hall–Kier alpha value is -3.44. The Morgan fingerprint density at radius 1 is 0.818 bits per heavy atom. The number of anilines is 2. The highest BCUT2D eigenvalue weighted by molar-refractivity contribution is 6.33. The maximum atomic E-state index is 13.2. The monoisotopic (exact) mass is 458 g/mol. The summed E-state index contributed by atoms with van der Waals surface area (Å²) >= 11 is 6.11. The lowest BCUT2D eigenvalue weighted by atomic mass is 9.73. The second-order valence-corrected chi connectivity index (χ2v) is 9.03. The number of carbonyl (C=O) groups is 3. The van der Waals surface area contributed by atoms with E-state index in [4.69, 9.17) is 11.6 Å². The first-order chi connectivity index (χ1) is 16.0. The average Bonchev–Trinajstić information content (AvgIpc) is 3.10. The van der Waals surface area contributed by atoms with E-state index in [1.54, 1.807) is 48.5 Å². The zero-order chi connectivity index (χ0) is 22.9. The molecule has 3 amide bonds. The van der Waals surface area contributed by atoms with Gasteiger partial charge in [-0.1, -0.05) is 54.1 Å². The van der Waals surface area contributed by atoms with Crippen molar-refractivity contribution in [3.05, 3.63) is 95.0 Å². The summed E-state index contributed by atoms with van der Waals surface area (Å²) in [6.07, 6.45) is 2.30. The maximum absolute atomic E-state index is 13.2. The van der Waals surface area contributed by atoms with Crippen LogP contribution in [0.4, 0.5) is 11.4 Å². The van der Waals surface area contributed by atoms with Gasteiger partial charge in [0.25, 0.3) is 5.91 Å². The highest BCUT2D eigenvalue weighted by atomic mass is 35.5. The molecule has 166 valence electrons. The minimum atomic E-state index is -0.312. The van der Waals surface area contributed by atoms with E-state index in [1.165, 1.54) is 10.5 Å². The molecule has 1 aliphatic carbocycles. The molecule has 3 aromatic rings. The number of carbonyl (C=O) groups excluding carboxylic acids is 3. The van der Waals surface area contributed by atoms with Crippen molar-refractivity contribution in [2.45, 2.75) is 25.2 Å². The lowest BCUT2D eigenvalue weighted by molar-refractivity contribution is -0.122. The van der Waals surface area contributed by atoms with Crippen LogP contribution in [0.3, 0.4) is 0 Å². The quantitative estimate of drug-likeness (QED) is 0.512. The predicted octanol–water partition coefficient (Wildman–Crippen LogP) is 5.67. The molecule has 0 radical (unpaired) electrons. The molecule has 2 fully saturated rings. The minimum absolute atomic E-state index is 0.134. The van der Waals surface area contributed by atoms with Gasteiger partial charge in [-0.3, -0.25) is 19.3 Å². The smallest absolute Gasteiger partial charge is 0.255 e. The van der Waals surface area contributed by atoms with Crippen molar-refractivity contribution in [2.24, 2.45) is 11.8 Å². The van der Waals surface area contributed by atoms with Gasteiger partial charge in [-0.2, -0.15) is 0 Å². The Balaban J connectivity index is 1.31. The largest absolute Gasteiger partial charge is 0.321 e. The number of fused-ring (bicyclic) bond motifs is 1. The van der Waals surface area contributed by atoms with Crippen molar-refractivity contribution in [3.63, 3.8) is 0 Å². The van der Waals surface area contributed by atoms with E-state index in [0.29, 0.717) is 40.7 Å². The molecule has 1 heterocycles. The van der Waals surface area contributed by atoms with Gasteiger partial charge in [0.15, 0.2) is 0 Å². The molecule has 1 aliphatic heterocycles. The lowest BCUT2D eigenvalue weighted by Crippen LogP contribution is -2.30. The zero-order valence-electron chi connectivity index (χ0n) is 17.9. The van der Waals surface area contributed by atoms with E-state index in [1.807, 2.05) is 18.2 Å². The van der Waals surface area contributed by atoms with E-state index in [-0.39, 0.29) is 29.6 Å². The third-order valence-corrected chi connectivity index (χ3v) is 7.04. The number of halogens is 1. The van der Waals surface area contributed by atoms with Crippen molar-refractivity contribution in [2.75, 3.05) is 10.2 Å². The van der Waals surface area contributed by atoms with Crippen LogP contribution in [-0.2, 0) is 9.59 Å². The molecule has 0 spiro atoms. The van der Waals surface area contributed by atoms with Gasteiger partial charge in [0, 0.05) is 5.56 Å². The molecule has 6 heteroatoms. The van der Waals surface area contributed by atoms with Gasteiger partial charge in [-0.05, 0) is 67.1 Å². The number of benzene rings is 3. The van der Waals surface area contributed by atoms with Crippen molar-refractivity contribution in [1.29, 1.82) is 0 Å². The topological polar surface area (TPSA) is 66.5 Å². The molecule has 0 bridgehead atoms. The normalized spacial score (nSPS) is 22.2. The molecule has 1 saturated heterocycles. The van der Waals surface area contributed by atoms with Crippen LogP contribution < -0.4 is 10.2 Å². The number of hydrogen-bond acceptors (Lipinski definition) is 3. The molecular weight excluding hydrogens is 436 g/mol. The summed E-state index contributed by atoms with van der Waals surface area (Å²) in [5.74, 6) is -0.850. The summed E-state index contributed by atoms with van der Waals surface area (Å²) in [6, 6.07) is 23.8. The Morgan fingerprint density at radius 2 is 1.48 bits per heavy atom. The van der Waals surface area contributed by atoms with Crippen LogP contribution in [-0.4, -0.2) is 17.7 Å². The van der Waals surface area contributed by atoms with E-state index < -0.39 is 0 Å². The van der Waals surface area contributed by atoms with Gasteiger partial charge >= 0.3 is 0 Å². The van der Waals surface area contributed by atoms with Gasteiger partial charge in [0.2, 0.25) is 11.8 Å². The summed E-state index contributed by atoms with van der Waals surface area (Å²) in [5.41, 5.74) is 2.67. The van der Waals surface area contributed by atoms with E-state index >= 15 is 0 Å². The second kappa shape index (κ2) is 8.83. The standard InChI is InChI=1S/C27H23ClN2O3/c28-23-8-4-5-9-24(23)29-25(31)18-10-13-20(14-11-18)30-26(32)21-15-12-19(16-22(21)27(30)33)17-6-2-1-3-7-17/h1-11,13-14,19,21-22H,12,15-16H2,(H,29,31)/t19-,21+,22-/m1/s1. The maximum Gasteiger partial charge on any atom is 0.255 e. The number of amides is 3. The molecule has 2 aliphatic rings. The molecule has 5 nitrogen and oxygen atoms in total. The molecule has 0 unspecified atom stereocenters. The molecule has 3 atom stereocenters. The first-order valence-corrected chi connectivity index (χ1v) is 11.5. The fourth-order valence-corrected chi connectivity index (χ4v) is 5.16. The number of para-hydroxylation sites is 1. The van der Waals surface area contributed by atoms with Crippen LogP contribution in [0.15, 0.2) is 78.9 Å². The van der Waals surface area contributed by atoms with Gasteiger partial charge < -0.3 is 5.32 Å². The molecule has 1 saturated carbocycles. The summed E-state index contributed by atoms with van der Waals surface area (Å²) < 4.78 is 0. The van der Waals surface area contributed by atoms with Crippen molar-refractivity contribution in [1.82, 2.24) is 0 Å². The first-order valence-electron chi connectivity index (χ1n) is 11.1. The van der Waals surface area contributed by atoms with Crippen molar-refractivity contribution in [3.8, 4) is 0 Å². The Labute approximate surface area is 197 Å². The molecule has 0 aromatic heterocycles. The Morgan fingerprint density at radius 3 is 2.21 bits per heavy atom. The highest BCUT2D eigenvalue weighted by Crippen LogP contribution is 2.45. The first kappa shape index (κ1) is 21.4. The number of rotatable bonds is 4. The third-order valence-electron chi connectivity index (χ3n) is 6.71. The molecule has 33 heavy (non-hydrogen) atoms. The van der Waals surface area contributed by atoms with Crippen LogP contribution in [0.25, 0.3) is 0 Å². The molecule has 1 N–H and O–H groups in total. The highest BCUT2D eigenvalue weighted by Gasteiger charge is 2.50. The zero-order valence-corrected chi connectivity index (χ0v) is 18.7. The summed E-state index contributed by atoms with van der Waals surface area (Å²) in [5, 5.41) is 3.23. The number of nitrogens with zero attached hydrogens (tertiary/aromatic N) is 1. The lowest BCUT2D eigenvalue weighted by Gasteiger charge is -2.28. The predicted molar refractivity (Wildman–Crippen MR) is 128 cm³/mol. The molecule has 5 rings (SSSR count). The number of hydrogen-bond donors (Lipinski definition) is 1. The fraction of sp³-hybridized carbons (Fsp3) is 0.222. The number of imide groups is 1. The van der Waals surface area contributed by atoms with Gasteiger partial charge in [0.1, 0.15) is 0 Å². The van der Waals surface area contributed by atoms with Gasteiger partial charge in [-0.25, -0.2) is 0 Å². The second-order valence-electron chi connectivity index (χ2n) is 8.63. The van der Waals surface area contributed by atoms with Crippen LogP contribution in [0.2, 0.25) is 5.02 Å². The fourth-order valence-electron chi connectivity index (χ4n) is 4.98. The summed E-state index contributed by atoms with van der Waals surface area (Å²) in [7, 11) is 0. The third kappa shape index (κ3) is 4.05. The molecular formula is C27H23ClN2O3. The average molecular weight is 459 g/mol.